The molecule has 1 N–H and O–H groups in total. The minimum absolute atomic E-state index is 0.0834. The molecule has 2 rings (SSSR count). The average molecular weight is 287 g/mol. The van der Waals surface area contributed by atoms with Crippen LogP contribution in [0, 0.1) is 0 Å². The van der Waals surface area contributed by atoms with Gasteiger partial charge in [0.2, 0.25) is 0 Å². The van der Waals surface area contributed by atoms with Crippen molar-refractivity contribution in [2.24, 2.45) is 0 Å². The summed E-state index contributed by atoms with van der Waals surface area (Å²) in [4.78, 5) is 11.2. The van der Waals surface area contributed by atoms with E-state index in [2.05, 4.69) is 5.32 Å². The van der Waals surface area contributed by atoms with Crippen LogP contribution in [0.4, 0.5) is 0 Å². The molecule has 2 fully saturated rings. The Balaban J connectivity index is 1.62. The zero-order valence-electron chi connectivity index (χ0n) is 11.8. The lowest BCUT2D eigenvalue weighted by atomic mass is 9.90. The first-order valence-corrected chi connectivity index (χ1v) is 8.50. The molecule has 2 unspecified atom stereocenters. The Bertz CT molecular complexity index is 292. The van der Waals surface area contributed by atoms with E-state index in [9.17, 15) is 4.79 Å². The number of hydrogen-bond donors (Lipinski definition) is 1. The Hall–Kier alpha value is -0.260. The number of ether oxygens (including phenoxy) is 2. The largest absolute Gasteiger partial charge is 0.466 e. The number of carbonyl (C=O) groups excluding carboxylic acids is 1. The van der Waals surface area contributed by atoms with E-state index in [-0.39, 0.29) is 11.6 Å². The maximum atomic E-state index is 11.2. The van der Waals surface area contributed by atoms with Gasteiger partial charge in [0.1, 0.15) is 0 Å². The van der Waals surface area contributed by atoms with Crippen molar-refractivity contribution in [3.8, 4) is 0 Å². The van der Waals surface area contributed by atoms with Gasteiger partial charge in [0.25, 0.3) is 0 Å². The van der Waals surface area contributed by atoms with Crippen LogP contribution >= 0.6 is 11.8 Å². The van der Waals surface area contributed by atoms with Crippen molar-refractivity contribution in [3.63, 3.8) is 0 Å². The van der Waals surface area contributed by atoms with Gasteiger partial charge in [-0.25, -0.2) is 0 Å². The number of thioether (sulfide) groups is 1. The molecule has 110 valence electrons. The van der Waals surface area contributed by atoms with E-state index in [1.54, 1.807) is 0 Å². The predicted octanol–water partition coefficient (Wildman–Crippen LogP) is 1.97. The molecule has 2 atom stereocenters. The summed E-state index contributed by atoms with van der Waals surface area (Å²) in [5.74, 6) is 2.30. The predicted molar refractivity (Wildman–Crippen MR) is 77.5 cm³/mol. The fourth-order valence-corrected chi connectivity index (χ4v) is 4.22. The van der Waals surface area contributed by atoms with E-state index in [4.69, 9.17) is 9.47 Å². The molecule has 0 aromatic rings. The summed E-state index contributed by atoms with van der Waals surface area (Å²) in [6.07, 6.45) is 4.78. The first-order valence-electron chi connectivity index (χ1n) is 7.35. The van der Waals surface area contributed by atoms with Gasteiger partial charge in [-0.15, -0.1) is 0 Å². The van der Waals surface area contributed by atoms with Crippen molar-refractivity contribution >= 4 is 17.7 Å². The second-order valence-corrected chi connectivity index (χ2v) is 6.49. The highest BCUT2D eigenvalue weighted by atomic mass is 32.2. The van der Waals surface area contributed by atoms with E-state index >= 15 is 0 Å². The molecule has 0 aromatic heterocycles. The highest BCUT2D eigenvalue weighted by Gasteiger charge is 2.40. The zero-order valence-corrected chi connectivity index (χ0v) is 12.6. The SMILES string of the molecule is CCOC(=O)CCCNC1CCOC2(CCSC2)C1. The van der Waals surface area contributed by atoms with Crippen molar-refractivity contribution < 1.29 is 14.3 Å². The van der Waals surface area contributed by atoms with Gasteiger partial charge in [0, 0.05) is 24.8 Å². The summed E-state index contributed by atoms with van der Waals surface area (Å²) >= 11 is 2.01. The Morgan fingerprint density at radius 1 is 1.58 bits per heavy atom. The zero-order chi connectivity index (χ0) is 13.6. The lowest BCUT2D eigenvalue weighted by Gasteiger charge is -2.38. The first kappa shape index (κ1) is 15.1. The fourth-order valence-electron chi connectivity index (χ4n) is 2.84. The van der Waals surface area contributed by atoms with E-state index in [1.165, 1.54) is 12.2 Å². The standard InChI is InChI=1S/C14H25NO3S/c1-2-17-13(16)4-3-7-15-12-5-8-18-14(10-12)6-9-19-11-14/h12,15H,2-11H2,1H3. The van der Waals surface area contributed by atoms with Crippen LogP contribution in [-0.4, -0.2) is 48.9 Å². The minimum Gasteiger partial charge on any atom is -0.466 e. The summed E-state index contributed by atoms with van der Waals surface area (Å²) in [5, 5.41) is 3.57. The number of rotatable bonds is 6. The quantitative estimate of drug-likeness (QED) is 0.598. The van der Waals surface area contributed by atoms with Crippen molar-refractivity contribution in [2.75, 3.05) is 31.3 Å². The van der Waals surface area contributed by atoms with Gasteiger partial charge < -0.3 is 14.8 Å². The molecule has 1 spiro atoms. The summed E-state index contributed by atoms with van der Waals surface area (Å²) < 4.78 is 10.9. The smallest absolute Gasteiger partial charge is 0.305 e. The normalized spacial score (nSPS) is 30.7. The molecular formula is C14H25NO3S. The van der Waals surface area contributed by atoms with Crippen LogP contribution in [0.25, 0.3) is 0 Å². The maximum Gasteiger partial charge on any atom is 0.305 e. The molecule has 19 heavy (non-hydrogen) atoms. The third-order valence-electron chi connectivity index (χ3n) is 3.86. The summed E-state index contributed by atoms with van der Waals surface area (Å²) in [6, 6.07) is 0.551. The lowest BCUT2D eigenvalue weighted by Crippen LogP contribution is -2.47. The fraction of sp³-hybridized carbons (Fsp3) is 0.929. The van der Waals surface area contributed by atoms with Crippen molar-refractivity contribution in [1.29, 1.82) is 0 Å². The maximum absolute atomic E-state index is 11.2. The van der Waals surface area contributed by atoms with Crippen LogP contribution in [0.3, 0.4) is 0 Å². The van der Waals surface area contributed by atoms with Gasteiger partial charge >= 0.3 is 5.97 Å². The summed E-state index contributed by atoms with van der Waals surface area (Å²) in [5.41, 5.74) is 0.141. The van der Waals surface area contributed by atoms with Crippen molar-refractivity contribution in [2.45, 2.75) is 50.7 Å². The van der Waals surface area contributed by atoms with Crippen LogP contribution in [0.15, 0.2) is 0 Å². The van der Waals surface area contributed by atoms with E-state index < -0.39 is 0 Å². The van der Waals surface area contributed by atoms with Crippen LogP contribution < -0.4 is 5.32 Å². The highest BCUT2D eigenvalue weighted by molar-refractivity contribution is 7.99. The topological polar surface area (TPSA) is 47.6 Å². The molecular weight excluding hydrogens is 262 g/mol. The van der Waals surface area contributed by atoms with Crippen molar-refractivity contribution in [3.05, 3.63) is 0 Å². The molecule has 0 aliphatic carbocycles. The lowest BCUT2D eigenvalue weighted by molar-refractivity contribution is -0.143. The van der Waals surface area contributed by atoms with Gasteiger partial charge in [0.05, 0.1) is 12.2 Å². The van der Waals surface area contributed by atoms with Crippen LogP contribution in [0.5, 0.6) is 0 Å². The Labute approximate surface area is 120 Å². The molecule has 2 saturated heterocycles. The second kappa shape index (κ2) is 7.50. The molecule has 0 bridgehead atoms. The molecule has 0 aromatic carbocycles. The summed E-state index contributed by atoms with van der Waals surface area (Å²) in [7, 11) is 0. The van der Waals surface area contributed by atoms with E-state index in [0.717, 1.165) is 38.2 Å². The summed E-state index contributed by atoms with van der Waals surface area (Å²) in [6.45, 7) is 4.09. The van der Waals surface area contributed by atoms with Crippen molar-refractivity contribution in [1.82, 2.24) is 5.32 Å². The van der Waals surface area contributed by atoms with E-state index in [0.29, 0.717) is 19.1 Å². The van der Waals surface area contributed by atoms with Gasteiger partial charge in [-0.1, -0.05) is 0 Å². The number of esters is 1. The van der Waals surface area contributed by atoms with Gasteiger partial charge in [-0.3, -0.25) is 4.79 Å². The number of hydrogen-bond acceptors (Lipinski definition) is 5. The molecule has 2 aliphatic heterocycles. The molecule has 2 aliphatic rings. The Morgan fingerprint density at radius 3 is 3.21 bits per heavy atom. The molecule has 0 amide bonds. The first-order chi connectivity index (χ1) is 9.24. The molecule has 4 nitrogen and oxygen atoms in total. The second-order valence-electron chi connectivity index (χ2n) is 5.39. The van der Waals surface area contributed by atoms with Crippen LogP contribution in [0.1, 0.15) is 39.0 Å². The third-order valence-corrected chi connectivity index (χ3v) is 5.08. The third kappa shape index (κ3) is 4.65. The molecule has 2 heterocycles. The number of nitrogens with one attached hydrogen (secondary N) is 1. The van der Waals surface area contributed by atoms with Gasteiger partial charge in [-0.05, 0) is 44.9 Å². The Morgan fingerprint density at radius 2 is 2.47 bits per heavy atom. The average Bonchev–Trinajstić information content (AvgIpc) is 2.83. The van der Waals surface area contributed by atoms with Gasteiger partial charge in [-0.2, -0.15) is 11.8 Å². The van der Waals surface area contributed by atoms with Gasteiger partial charge in [0.15, 0.2) is 0 Å². The molecule has 0 saturated carbocycles. The minimum atomic E-state index is -0.0834. The number of carbonyl (C=O) groups is 1. The van der Waals surface area contributed by atoms with E-state index in [1.807, 2.05) is 18.7 Å². The molecule has 5 heteroatoms. The Kier molecular flexibility index (Phi) is 5.98. The molecule has 0 radical (unpaired) electrons. The van der Waals surface area contributed by atoms with Crippen LogP contribution in [0.2, 0.25) is 0 Å². The highest BCUT2D eigenvalue weighted by Crippen LogP contribution is 2.38. The van der Waals surface area contributed by atoms with Crippen LogP contribution in [-0.2, 0) is 14.3 Å². The monoisotopic (exact) mass is 287 g/mol.